The van der Waals surface area contributed by atoms with Crippen molar-refractivity contribution in [2.75, 3.05) is 0 Å². The van der Waals surface area contributed by atoms with Gasteiger partial charge >= 0.3 is 0 Å². The van der Waals surface area contributed by atoms with Gasteiger partial charge in [-0.1, -0.05) is 79.4 Å². The van der Waals surface area contributed by atoms with Crippen LogP contribution in [0.15, 0.2) is 54.6 Å². The van der Waals surface area contributed by atoms with Gasteiger partial charge in [0.05, 0.1) is 0 Å². The van der Waals surface area contributed by atoms with E-state index < -0.39 is 0 Å². The number of hydrogen-bond acceptors (Lipinski definition) is 1. The molecule has 0 radical (unpaired) electrons. The lowest BCUT2D eigenvalue weighted by Gasteiger charge is -2.43. The van der Waals surface area contributed by atoms with Crippen molar-refractivity contribution in [2.24, 2.45) is 5.73 Å². The van der Waals surface area contributed by atoms with E-state index in [1.165, 1.54) is 48.8 Å². The summed E-state index contributed by atoms with van der Waals surface area (Å²) >= 11 is 0. The highest BCUT2D eigenvalue weighted by molar-refractivity contribution is 5.34. The predicted molar refractivity (Wildman–Crippen MR) is 89.3 cm³/mol. The van der Waals surface area contributed by atoms with Crippen LogP contribution < -0.4 is 5.73 Å². The van der Waals surface area contributed by atoms with Crippen molar-refractivity contribution >= 4 is 0 Å². The van der Waals surface area contributed by atoms with Crippen LogP contribution in [-0.2, 0) is 5.41 Å². The van der Waals surface area contributed by atoms with Crippen molar-refractivity contribution in [1.29, 1.82) is 0 Å². The van der Waals surface area contributed by atoms with E-state index in [9.17, 15) is 0 Å². The van der Waals surface area contributed by atoms with Crippen molar-refractivity contribution in [2.45, 2.75) is 50.5 Å². The van der Waals surface area contributed by atoms with Gasteiger partial charge in [0.2, 0.25) is 0 Å². The minimum absolute atomic E-state index is 0.0841. The molecule has 1 aliphatic rings. The fraction of sp³-hybridized carbons (Fsp3) is 0.400. The van der Waals surface area contributed by atoms with Crippen LogP contribution in [0.2, 0.25) is 0 Å². The highest BCUT2D eigenvalue weighted by Crippen LogP contribution is 2.47. The smallest absolute Gasteiger partial charge is 0.0393 e. The Balaban J connectivity index is 2.01. The van der Waals surface area contributed by atoms with Crippen LogP contribution in [-0.4, -0.2) is 0 Å². The van der Waals surface area contributed by atoms with Gasteiger partial charge < -0.3 is 5.73 Å². The van der Waals surface area contributed by atoms with Crippen LogP contribution in [0.25, 0.3) is 0 Å². The quantitative estimate of drug-likeness (QED) is 0.850. The molecule has 3 rings (SSSR count). The van der Waals surface area contributed by atoms with Crippen LogP contribution >= 0.6 is 0 Å². The number of benzene rings is 2. The first kappa shape index (κ1) is 14.3. The zero-order chi connectivity index (χ0) is 14.7. The van der Waals surface area contributed by atoms with Crippen molar-refractivity contribution in [3.8, 4) is 0 Å². The Morgan fingerprint density at radius 1 is 0.857 bits per heavy atom. The predicted octanol–water partition coefficient (Wildman–Crippen LogP) is 4.90. The first-order valence-corrected chi connectivity index (χ1v) is 8.10. The highest BCUT2D eigenvalue weighted by atomic mass is 14.7. The van der Waals surface area contributed by atoms with Crippen molar-refractivity contribution in [1.82, 2.24) is 0 Å². The molecule has 1 nitrogen and oxygen atoms in total. The summed E-state index contributed by atoms with van der Waals surface area (Å²) in [6.45, 7) is 2.13. The highest BCUT2D eigenvalue weighted by Gasteiger charge is 2.40. The molecule has 0 amide bonds. The summed E-state index contributed by atoms with van der Waals surface area (Å²) < 4.78 is 0. The third-order valence-electron chi connectivity index (χ3n) is 5.13. The lowest BCUT2D eigenvalue weighted by atomic mass is 9.63. The molecule has 0 bridgehead atoms. The first-order valence-electron chi connectivity index (χ1n) is 8.10. The molecule has 1 saturated carbocycles. The molecule has 2 aromatic rings. The topological polar surface area (TPSA) is 26.0 Å². The fourth-order valence-corrected chi connectivity index (χ4v) is 3.82. The molecule has 2 N–H and O–H groups in total. The summed E-state index contributed by atoms with van der Waals surface area (Å²) in [5.41, 5.74) is 10.9. The van der Waals surface area contributed by atoms with E-state index in [1.807, 2.05) is 0 Å². The van der Waals surface area contributed by atoms with Gasteiger partial charge in [-0.3, -0.25) is 0 Å². The summed E-state index contributed by atoms with van der Waals surface area (Å²) in [5, 5.41) is 0. The molecule has 21 heavy (non-hydrogen) atoms. The molecule has 1 heteroatoms. The van der Waals surface area contributed by atoms with E-state index in [0.29, 0.717) is 0 Å². The molecular weight excluding hydrogens is 254 g/mol. The van der Waals surface area contributed by atoms with E-state index in [-0.39, 0.29) is 11.5 Å². The SMILES string of the molecule is Cc1ccc(C(N)C2(c3ccccc3)CCCCC2)cc1. The van der Waals surface area contributed by atoms with E-state index in [4.69, 9.17) is 5.73 Å². The molecule has 2 aromatic carbocycles. The van der Waals surface area contributed by atoms with Crippen molar-refractivity contribution < 1.29 is 0 Å². The fourth-order valence-electron chi connectivity index (χ4n) is 3.82. The van der Waals surface area contributed by atoms with Gasteiger partial charge in [-0.2, -0.15) is 0 Å². The Morgan fingerprint density at radius 2 is 1.48 bits per heavy atom. The minimum Gasteiger partial charge on any atom is -0.323 e. The van der Waals surface area contributed by atoms with Crippen LogP contribution in [0.4, 0.5) is 0 Å². The van der Waals surface area contributed by atoms with Crippen LogP contribution in [0.3, 0.4) is 0 Å². The second-order valence-electron chi connectivity index (χ2n) is 6.47. The van der Waals surface area contributed by atoms with E-state index in [0.717, 1.165) is 0 Å². The van der Waals surface area contributed by atoms with Crippen molar-refractivity contribution in [3.63, 3.8) is 0 Å². The first-order chi connectivity index (χ1) is 10.2. The summed E-state index contributed by atoms with van der Waals surface area (Å²) in [4.78, 5) is 0. The van der Waals surface area contributed by atoms with Crippen molar-refractivity contribution in [3.05, 3.63) is 71.3 Å². The average Bonchev–Trinajstić information content (AvgIpc) is 2.56. The number of aryl methyl sites for hydroxylation is 1. The molecule has 1 unspecified atom stereocenters. The zero-order valence-corrected chi connectivity index (χ0v) is 12.9. The third-order valence-corrected chi connectivity index (χ3v) is 5.13. The second-order valence-corrected chi connectivity index (χ2v) is 6.47. The Labute approximate surface area is 128 Å². The Kier molecular flexibility index (Phi) is 4.12. The Bertz CT molecular complexity index is 565. The third kappa shape index (κ3) is 2.75. The van der Waals surface area contributed by atoms with Crippen LogP contribution in [0, 0.1) is 6.92 Å². The second kappa shape index (κ2) is 6.03. The lowest BCUT2D eigenvalue weighted by molar-refractivity contribution is 0.244. The van der Waals surface area contributed by atoms with Gasteiger partial charge in [-0.25, -0.2) is 0 Å². The van der Waals surface area contributed by atoms with E-state index in [2.05, 4.69) is 61.5 Å². The van der Waals surface area contributed by atoms with Gasteiger partial charge in [0.1, 0.15) is 0 Å². The Morgan fingerprint density at radius 3 is 2.10 bits per heavy atom. The minimum atomic E-state index is 0.0841. The van der Waals surface area contributed by atoms with E-state index in [1.54, 1.807) is 0 Å². The molecule has 110 valence electrons. The molecule has 0 spiro atoms. The molecule has 1 aliphatic carbocycles. The standard InChI is InChI=1S/C20H25N/c1-16-10-12-17(13-11-16)19(21)20(14-6-3-7-15-20)18-8-4-2-5-9-18/h2,4-5,8-13,19H,3,6-7,14-15,21H2,1H3. The molecular formula is C20H25N. The number of nitrogens with two attached hydrogens (primary N) is 1. The van der Waals surface area contributed by atoms with Gasteiger partial charge in [0.15, 0.2) is 0 Å². The average molecular weight is 279 g/mol. The maximum atomic E-state index is 6.79. The van der Waals surface area contributed by atoms with Gasteiger partial charge in [0.25, 0.3) is 0 Å². The largest absolute Gasteiger partial charge is 0.323 e. The number of rotatable bonds is 3. The molecule has 0 aliphatic heterocycles. The molecule has 1 atom stereocenters. The summed E-state index contributed by atoms with van der Waals surface area (Å²) in [5.74, 6) is 0. The molecule has 0 heterocycles. The molecule has 0 saturated heterocycles. The zero-order valence-electron chi connectivity index (χ0n) is 12.9. The van der Waals surface area contributed by atoms with Crippen LogP contribution in [0.1, 0.15) is 54.8 Å². The van der Waals surface area contributed by atoms with E-state index >= 15 is 0 Å². The summed E-state index contributed by atoms with van der Waals surface area (Å²) in [6, 6.07) is 19.8. The maximum Gasteiger partial charge on any atom is 0.0393 e. The lowest BCUT2D eigenvalue weighted by Crippen LogP contribution is -2.40. The summed E-state index contributed by atoms with van der Waals surface area (Å²) in [6.07, 6.45) is 6.32. The summed E-state index contributed by atoms with van der Waals surface area (Å²) in [7, 11) is 0. The Hall–Kier alpha value is -1.60. The number of hydrogen-bond donors (Lipinski definition) is 1. The monoisotopic (exact) mass is 279 g/mol. The van der Waals surface area contributed by atoms with Gasteiger partial charge in [0, 0.05) is 11.5 Å². The normalized spacial score (nSPS) is 19.1. The van der Waals surface area contributed by atoms with Gasteiger partial charge in [-0.05, 0) is 30.9 Å². The maximum absolute atomic E-state index is 6.79. The molecule has 1 fully saturated rings. The van der Waals surface area contributed by atoms with Gasteiger partial charge in [-0.15, -0.1) is 0 Å². The van der Waals surface area contributed by atoms with Crippen LogP contribution in [0.5, 0.6) is 0 Å². The molecule has 0 aromatic heterocycles.